The molecule has 35 heavy (non-hydrogen) atoms. The summed E-state index contributed by atoms with van der Waals surface area (Å²) in [5.41, 5.74) is 0.240. The Hall–Kier alpha value is -2.67. The molecule has 0 aromatic heterocycles. The first-order chi connectivity index (χ1) is 16.5. The second-order valence-electron chi connectivity index (χ2n) is 7.03. The van der Waals surface area contributed by atoms with Gasteiger partial charge in [0.25, 0.3) is 26.0 Å². The molecule has 2 N–H and O–H groups in total. The standard InChI is InChI=1S/C22H21Cl2N3O6S2/c1-3-27(33-2)35(31,32)19-11-7-17(8-12-19)25-22(28)20-14-16(24)6-13-21(20)26-34(29,30)18-9-4-15(23)5-10-18/h4-14,26H,3H2,1-2H3,(H,25,28). The largest absolute Gasteiger partial charge is 0.322 e. The predicted octanol–water partition coefficient (Wildman–Crippen LogP) is 4.62. The number of hydrogen-bond acceptors (Lipinski definition) is 6. The van der Waals surface area contributed by atoms with E-state index in [0.29, 0.717) is 5.02 Å². The Labute approximate surface area is 213 Å². The Morgan fingerprint density at radius 3 is 2.03 bits per heavy atom. The van der Waals surface area contributed by atoms with Crippen molar-refractivity contribution in [1.82, 2.24) is 4.47 Å². The monoisotopic (exact) mass is 557 g/mol. The lowest BCUT2D eigenvalue weighted by Gasteiger charge is -2.17. The van der Waals surface area contributed by atoms with E-state index in [9.17, 15) is 21.6 Å². The molecule has 0 bridgehead atoms. The van der Waals surface area contributed by atoms with Crippen LogP contribution in [0.1, 0.15) is 17.3 Å². The normalized spacial score (nSPS) is 11.9. The van der Waals surface area contributed by atoms with Gasteiger partial charge in [0.1, 0.15) is 0 Å². The van der Waals surface area contributed by atoms with Gasteiger partial charge in [-0.1, -0.05) is 27.7 Å². The van der Waals surface area contributed by atoms with Gasteiger partial charge in [-0.25, -0.2) is 16.8 Å². The van der Waals surface area contributed by atoms with Crippen LogP contribution in [-0.2, 0) is 24.9 Å². The van der Waals surface area contributed by atoms with Crippen molar-refractivity contribution in [3.8, 4) is 0 Å². The molecule has 0 heterocycles. The molecule has 0 saturated carbocycles. The Balaban J connectivity index is 1.85. The van der Waals surface area contributed by atoms with Gasteiger partial charge in [-0.3, -0.25) is 14.4 Å². The molecule has 0 fully saturated rings. The third-order valence-corrected chi connectivity index (χ3v) is 8.41. The van der Waals surface area contributed by atoms with Crippen molar-refractivity contribution in [2.24, 2.45) is 0 Å². The lowest BCUT2D eigenvalue weighted by molar-refractivity contribution is -0.0442. The Morgan fingerprint density at radius 1 is 0.886 bits per heavy atom. The molecule has 0 aliphatic heterocycles. The van der Waals surface area contributed by atoms with Crippen molar-refractivity contribution >= 4 is 60.5 Å². The Morgan fingerprint density at radius 2 is 1.46 bits per heavy atom. The molecule has 0 atom stereocenters. The van der Waals surface area contributed by atoms with Crippen molar-refractivity contribution < 1.29 is 26.5 Å². The topological polar surface area (TPSA) is 122 Å². The molecule has 3 aromatic carbocycles. The minimum Gasteiger partial charge on any atom is -0.322 e. The van der Waals surface area contributed by atoms with Crippen molar-refractivity contribution in [1.29, 1.82) is 0 Å². The van der Waals surface area contributed by atoms with E-state index in [2.05, 4.69) is 10.0 Å². The summed E-state index contributed by atoms with van der Waals surface area (Å²) >= 11 is 11.9. The van der Waals surface area contributed by atoms with Gasteiger partial charge >= 0.3 is 0 Å². The van der Waals surface area contributed by atoms with Crippen LogP contribution >= 0.6 is 23.2 Å². The zero-order valence-electron chi connectivity index (χ0n) is 18.5. The van der Waals surface area contributed by atoms with Gasteiger partial charge < -0.3 is 5.32 Å². The van der Waals surface area contributed by atoms with Crippen LogP contribution in [0, 0.1) is 0 Å². The van der Waals surface area contributed by atoms with E-state index in [4.69, 9.17) is 28.0 Å². The van der Waals surface area contributed by atoms with Gasteiger partial charge in [-0.15, -0.1) is 0 Å². The number of hydroxylamine groups is 1. The number of amides is 1. The molecule has 3 rings (SSSR count). The number of rotatable bonds is 9. The van der Waals surface area contributed by atoms with Crippen molar-refractivity contribution in [3.05, 3.63) is 82.3 Å². The fourth-order valence-corrected chi connectivity index (χ4v) is 5.66. The third kappa shape index (κ3) is 6.31. The van der Waals surface area contributed by atoms with E-state index in [1.807, 2.05) is 0 Å². The molecule has 0 saturated heterocycles. The van der Waals surface area contributed by atoms with Gasteiger partial charge in [0.05, 0.1) is 28.2 Å². The molecular weight excluding hydrogens is 537 g/mol. The highest BCUT2D eigenvalue weighted by molar-refractivity contribution is 7.92. The van der Waals surface area contributed by atoms with E-state index in [1.165, 1.54) is 73.8 Å². The van der Waals surface area contributed by atoms with E-state index >= 15 is 0 Å². The van der Waals surface area contributed by atoms with Crippen LogP contribution in [-0.4, -0.2) is 40.9 Å². The maximum absolute atomic E-state index is 13.0. The molecule has 186 valence electrons. The van der Waals surface area contributed by atoms with Gasteiger partial charge in [0.15, 0.2) is 0 Å². The molecule has 0 aliphatic carbocycles. The Kier molecular flexibility index (Phi) is 8.42. The highest BCUT2D eigenvalue weighted by Crippen LogP contribution is 2.26. The van der Waals surface area contributed by atoms with Crippen LogP contribution in [0.2, 0.25) is 10.0 Å². The SMILES string of the molecule is CCN(OC)S(=O)(=O)c1ccc(NC(=O)c2cc(Cl)ccc2NS(=O)(=O)c2ccc(Cl)cc2)cc1. The molecular formula is C22H21Cl2N3O6S2. The number of benzene rings is 3. The maximum atomic E-state index is 13.0. The maximum Gasteiger partial charge on any atom is 0.264 e. The zero-order chi connectivity index (χ0) is 25.8. The summed E-state index contributed by atoms with van der Waals surface area (Å²) in [5.74, 6) is -0.663. The second kappa shape index (κ2) is 10.9. The first kappa shape index (κ1) is 26.9. The Bertz CT molecular complexity index is 1430. The fourth-order valence-electron chi connectivity index (χ4n) is 3.03. The lowest BCUT2D eigenvalue weighted by atomic mass is 10.1. The van der Waals surface area contributed by atoms with Crippen LogP contribution < -0.4 is 10.0 Å². The molecule has 0 aliphatic rings. The molecule has 0 radical (unpaired) electrons. The van der Waals surface area contributed by atoms with E-state index in [0.717, 1.165) is 4.47 Å². The summed E-state index contributed by atoms with van der Waals surface area (Å²) in [7, 11) is -6.64. The van der Waals surface area contributed by atoms with Gasteiger partial charge in [0, 0.05) is 22.3 Å². The minimum atomic E-state index is -4.02. The molecule has 0 spiro atoms. The fraction of sp³-hybridized carbons (Fsp3) is 0.136. The highest BCUT2D eigenvalue weighted by atomic mass is 35.5. The third-order valence-electron chi connectivity index (χ3n) is 4.73. The van der Waals surface area contributed by atoms with E-state index in [-0.39, 0.29) is 38.3 Å². The number of halogens is 2. The summed E-state index contributed by atoms with van der Waals surface area (Å²) < 4.78 is 53.8. The molecule has 0 unspecified atom stereocenters. The average molecular weight is 558 g/mol. The molecule has 13 heteroatoms. The lowest BCUT2D eigenvalue weighted by Crippen LogP contribution is -2.29. The molecule has 9 nitrogen and oxygen atoms in total. The van der Waals surface area contributed by atoms with Crippen LogP contribution in [0.5, 0.6) is 0 Å². The predicted molar refractivity (Wildman–Crippen MR) is 135 cm³/mol. The van der Waals surface area contributed by atoms with Crippen molar-refractivity contribution in [2.75, 3.05) is 23.7 Å². The van der Waals surface area contributed by atoms with Crippen LogP contribution in [0.15, 0.2) is 76.5 Å². The highest BCUT2D eigenvalue weighted by Gasteiger charge is 2.23. The first-order valence-electron chi connectivity index (χ1n) is 10.0. The van der Waals surface area contributed by atoms with Gasteiger partial charge in [-0.05, 0) is 73.7 Å². The summed E-state index contributed by atoms with van der Waals surface area (Å²) in [5, 5.41) is 3.19. The second-order valence-corrected chi connectivity index (χ2v) is 11.4. The molecule has 1 amide bonds. The van der Waals surface area contributed by atoms with E-state index in [1.54, 1.807) is 6.92 Å². The van der Waals surface area contributed by atoms with Crippen molar-refractivity contribution in [3.63, 3.8) is 0 Å². The average Bonchev–Trinajstić information content (AvgIpc) is 2.81. The zero-order valence-corrected chi connectivity index (χ0v) is 21.7. The number of carbonyl (C=O) groups excluding carboxylic acids is 1. The van der Waals surface area contributed by atoms with Crippen molar-refractivity contribution in [2.45, 2.75) is 16.7 Å². The number of sulfonamides is 2. The summed E-state index contributed by atoms with van der Waals surface area (Å²) in [6.07, 6.45) is 0. The van der Waals surface area contributed by atoms with E-state index < -0.39 is 26.0 Å². The molecule has 3 aromatic rings. The summed E-state index contributed by atoms with van der Waals surface area (Å²) in [6.45, 7) is 1.74. The van der Waals surface area contributed by atoms with Gasteiger partial charge in [0.2, 0.25) is 0 Å². The summed E-state index contributed by atoms with van der Waals surface area (Å²) in [4.78, 5) is 17.8. The quantitative estimate of drug-likeness (QED) is 0.370. The number of nitrogens with zero attached hydrogens (tertiary/aromatic N) is 1. The number of hydrogen-bond donors (Lipinski definition) is 2. The minimum absolute atomic E-state index is 0.000250. The van der Waals surface area contributed by atoms with Gasteiger partial charge in [-0.2, -0.15) is 0 Å². The number of nitrogens with one attached hydrogen (secondary N) is 2. The smallest absolute Gasteiger partial charge is 0.264 e. The summed E-state index contributed by atoms with van der Waals surface area (Å²) in [6, 6.07) is 15.1. The van der Waals surface area contributed by atoms with Crippen LogP contribution in [0.4, 0.5) is 11.4 Å². The number of carbonyl (C=O) groups is 1. The van der Waals surface area contributed by atoms with Crippen LogP contribution in [0.25, 0.3) is 0 Å². The first-order valence-corrected chi connectivity index (χ1v) is 13.7. The van der Waals surface area contributed by atoms with Crippen LogP contribution in [0.3, 0.4) is 0 Å². The number of anilines is 2.